The normalized spacial score (nSPS) is 33.6. The molecule has 0 radical (unpaired) electrons. The molecule has 0 bridgehead atoms. The molecule has 1 aliphatic rings. The Bertz CT molecular complexity index is 252. The minimum absolute atomic E-state index is 0.192. The van der Waals surface area contributed by atoms with Crippen molar-refractivity contribution in [2.45, 2.75) is 25.9 Å². The van der Waals surface area contributed by atoms with Crippen molar-refractivity contribution >= 4 is 10.2 Å². The highest BCUT2D eigenvalue weighted by Crippen LogP contribution is 2.20. The lowest BCUT2D eigenvalue weighted by atomic mass is 9.99. The average Bonchev–Trinajstić information content (AvgIpc) is 1.92. The van der Waals surface area contributed by atoms with E-state index in [1.54, 1.807) is 0 Å². The molecule has 1 heterocycles. The Morgan fingerprint density at radius 2 is 2.08 bits per heavy atom. The van der Waals surface area contributed by atoms with E-state index in [1.165, 1.54) is 4.31 Å². The molecule has 72 valence electrons. The summed E-state index contributed by atoms with van der Waals surface area (Å²) in [5, 5.41) is 4.98. The number of nitrogens with zero attached hydrogens (tertiary/aromatic N) is 1. The summed E-state index contributed by atoms with van der Waals surface area (Å²) in [7, 11) is -3.60. The van der Waals surface area contributed by atoms with Crippen molar-refractivity contribution in [1.29, 1.82) is 0 Å². The summed E-state index contributed by atoms with van der Waals surface area (Å²) in [6.45, 7) is 2.38. The van der Waals surface area contributed by atoms with Crippen LogP contribution in [-0.4, -0.2) is 25.4 Å². The number of nitrogens with two attached hydrogens (primary N) is 2. The summed E-state index contributed by atoms with van der Waals surface area (Å²) in [4.78, 5) is 0. The van der Waals surface area contributed by atoms with Crippen molar-refractivity contribution in [1.82, 2.24) is 4.31 Å². The van der Waals surface area contributed by atoms with E-state index in [-0.39, 0.29) is 5.92 Å². The summed E-state index contributed by atoms with van der Waals surface area (Å²) in [5.41, 5.74) is 5.68. The van der Waals surface area contributed by atoms with Crippen molar-refractivity contribution in [2.75, 3.05) is 6.54 Å². The van der Waals surface area contributed by atoms with Crippen molar-refractivity contribution in [2.24, 2.45) is 16.8 Å². The van der Waals surface area contributed by atoms with E-state index in [2.05, 4.69) is 0 Å². The predicted molar refractivity (Wildman–Crippen MR) is 46.2 cm³/mol. The smallest absolute Gasteiger partial charge is 0.278 e. The van der Waals surface area contributed by atoms with Gasteiger partial charge in [-0.15, -0.1) is 0 Å². The molecule has 0 aromatic carbocycles. The Hall–Kier alpha value is -0.170. The molecule has 1 fully saturated rings. The fourth-order valence-electron chi connectivity index (χ4n) is 1.47. The quantitative estimate of drug-likeness (QED) is 0.571. The van der Waals surface area contributed by atoms with Crippen molar-refractivity contribution in [3.05, 3.63) is 0 Å². The minimum atomic E-state index is -3.60. The largest absolute Gasteiger partial charge is 0.315 e. The molecule has 0 aliphatic carbocycles. The van der Waals surface area contributed by atoms with Crippen LogP contribution in [0.25, 0.3) is 0 Å². The fourth-order valence-corrected chi connectivity index (χ4v) is 2.40. The van der Waals surface area contributed by atoms with Gasteiger partial charge >= 0.3 is 0 Å². The van der Waals surface area contributed by atoms with Gasteiger partial charge in [0.15, 0.2) is 0 Å². The van der Waals surface area contributed by atoms with Gasteiger partial charge in [0, 0.05) is 6.54 Å². The van der Waals surface area contributed by atoms with E-state index in [0.717, 1.165) is 12.8 Å². The number of hydrogen-bond acceptors (Lipinski definition) is 3. The van der Waals surface area contributed by atoms with Crippen LogP contribution in [-0.2, 0) is 10.2 Å². The monoisotopic (exact) mass is 193 g/mol. The molecule has 0 aromatic heterocycles. The van der Waals surface area contributed by atoms with Crippen molar-refractivity contribution in [3.63, 3.8) is 0 Å². The third-order valence-corrected chi connectivity index (χ3v) is 3.36. The van der Waals surface area contributed by atoms with Crippen LogP contribution in [0.4, 0.5) is 0 Å². The van der Waals surface area contributed by atoms with E-state index >= 15 is 0 Å². The van der Waals surface area contributed by atoms with Gasteiger partial charge in [-0.1, -0.05) is 6.92 Å². The third-order valence-electron chi connectivity index (χ3n) is 2.28. The third kappa shape index (κ3) is 1.95. The van der Waals surface area contributed by atoms with E-state index in [9.17, 15) is 8.42 Å². The first-order valence-corrected chi connectivity index (χ1v) is 5.48. The number of rotatable bonds is 1. The summed E-state index contributed by atoms with van der Waals surface area (Å²) in [5.74, 6) is 0.192. The second kappa shape index (κ2) is 3.29. The maximum atomic E-state index is 11.0. The SMILES string of the molecule is CC1CCCN(S(N)(=O)=O)C1N. The predicted octanol–water partition coefficient (Wildman–Crippen LogP) is -0.793. The lowest BCUT2D eigenvalue weighted by Gasteiger charge is -2.34. The lowest BCUT2D eigenvalue weighted by molar-refractivity contribution is 0.192. The van der Waals surface area contributed by atoms with E-state index < -0.39 is 16.4 Å². The Morgan fingerprint density at radius 1 is 1.50 bits per heavy atom. The molecule has 12 heavy (non-hydrogen) atoms. The molecule has 0 spiro atoms. The molecule has 5 nitrogen and oxygen atoms in total. The highest BCUT2D eigenvalue weighted by molar-refractivity contribution is 7.86. The van der Waals surface area contributed by atoms with Gasteiger partial charge in [-0.3, -0.25) is 0 Å². The first-order valence-electron chi connectivity index (χ1n) is 3.98. The van der Waals surface area contributed by atoms with Crippen molar-refractivity contribution in [3.8, 4) is 0 Å². The molecular weight excluding hydrogens is 178 g/mol. The zero-order valence-corrected chi connectivity index (χ0v) is 7.92. The zero-order valence-electron chi connectivity index (χ0n) is 7.10. The molecular formula is C6H15N3O2S. The maximum absolute atomic E-state index is 11.0. The van der Waals surface area contributed by atoms with E-state index in [0.29, 0.717) is 6.54 Å². The Labute approximate surface area is 72.9 Å². The average molecular weight is 193 g/mol. The van der Waals surface area contributed by atoms with Crippen molar-refractivity contribution < 1.29 is 8.42 Å². The van der Waals surface area contributed by atoms with Crippen LogP contribution in [0.2, 0.25) is 0 Å². The molecule has 4 N–H and O–H groups in total. The molecule has 1 rings (SSSR count). The van der Waals surface area contributed by atoms with Gasteiger partial charge in [-0.05, 0) is 18.8 Å². The molecule has 1 aliphatic heterocycles. The highest BCUT2D eigenvalue weighted by Gasteiger charge is 2.31. The summed E-state index contributed by atoms with van der Waals surface area (Å²) in [6, 6.07) is 0. The van der Waals surface area contributed by atoms with Crippen LogP contribution in [0.3, 0.4) is 0 Å². The second-order valence-corrected chi connectivity index (χ2v) is 4.76. The molecule has 0 saturated carbocycles. The zero-order chi connectivity index (χ0) is 9.35. The number of piperidine rings is 1. The highest BCUT2D eigenvalue weighted by atomic mass is 32.2. The summed E-state index contributed by atoms with van der Waals surface area (Å²) < 4.78 is 23.1. The Kier molecular flexibility index (Phi) is 2.72. The lowest BCUT2D eigenvalue weighted by Crippen LogP contribution is -2.54. The molecule has 0 aromatic rings. The molecule has 2 atom stereocenters. The molecule has 6 heteroatoms. The standard InChI is InChI=1S/C6H15N3O2S/c1-5-3-2-4-9(6(5)7)12(8,10)11/h5-6H,2-4,7H2,1H3,(H2,8,10,11). The Morgan fingerprint density at radius 3 is 2.50 bits per heavy atom. The molecule has 1 saturated heterocycles. The van der Waals surface area contributed by atoms with Gasteiger partial charge in [0.2, 0.25) is 0 Å². The van der Waals surface area contributed by atoms with Crippen LogP contribution in [0, 0.1) is 5.92 Å². The van der Waals surface area contributed by atoms with Crippen LogP contribution >= 0.6 is 0 Å². The summed E-state index contributed by atoms with van der Waals surface area (Å²) in [6.07, 6.45) is 1.35. The van der Waals surface area contributed by atoms with Gasteiger partial charge in [0.1, 0.15) is 0 Å². The second-order valence-electron chi connectivity index (χ2n) is 3.27. The van der Waals surface area contributed by atoms with Gasteiger partial charge in [-0.25, -0.2) is 5.14 Å². The molecule has 2 unspecified atom stereocenters. The van der Waals surface area contributed by atoms with Gasteiger partial charge in [-0.2, -0.15) is 12.7 Å². The minimum Gasteiger partial charge on any atom is -0.315 e. The van der Waals surface area contributed by atoms with E-state index in [1.807, 2.05) is 6.92 Å². The first kappa shape index (κ1) is 9.91. The molecule has 0 amide bonds. The van der Waals surface area contributed by atoms with Crippen LogP contribution < -0.4 is 10.9 Å². The van der Waals surface area contributed by atoms with Gasteiger partial charge in [0.25, 0.3) is 10.2 Å². The van der Waals surface area contributed by atoms with E-state index in [4.69, 9.17) is 10.9 Å². The van der Waals surface area contributed by atoms with Crippen LogP contribution in [0.1, 0.15) is 19.8 Å². The van der Waals surface area contributed by atoms with Gasteiger partial charge < -0.3 is 5.73 Å². The number of hydrogen-bond donors (Lipinski definition) is 2. The van der Waals surface area contributed by atoms with Crippen LogP contribution in [0.5, 0.6) is 0 Å². The topological polar surface area (TPSA) is 89.4 Å². The maximum Gasteiger partial charge on any atom is 0.278 e. The summed E-state index contributed by atoms with van der Waals surface area (Å²) >= 11 is 0. The van der Waals surface area contributed by atoms with Gasteiger partial charge in [0.05, 0.1) is 6.17 Å². The van der Waals surface area contributed by atoms with Crippen LogP contribution in [0.15, 0.2) is 0 Å². The Balaban J connectivity index is 2.78. The fraction of sp³-hybridized carbons (Fsp3) is 1.00. The first-order chi connectivity index (χ1) is 5.43.